The second kappa shape index (κ2) is 6.69. The van der Waals surface area contributed by atoms with Gasteiger partial charge >= 0.3 is 0 Å². The molecule has 0 fully saturated rings. The molecule has 3 aromatic rings. The zero-order chi connectivity index (χ0) is 18.3. The average Bonchev–Trinajstić information content (AvgIpc) is 3.04. The van der Waals surface area contributed by atoms with Crippen LogP contribution >= 0.6 is 11.6 Å². The second-order valence-electron chi connectivity index (χ2n) is 6.71. The van der Waals surface area contributed by atoms with Crippen LogP contribution in [-0.2, 0) is 13.1 Å². The van der Waals surface area contributed by atoms with Gasteiger partial charge in [0.2, 0.25) is 0 Å². The Labute approximate surface area is 157 Å². The molecule has 0 saturated carbocycles. The highest BCUT2D eigenvalue weighted by Crippen LogP contribution is 2.38. The lowest BCUT2D eigenvalue weighted by atomic mass is 10.1. The van der Waals surface area contributed by atoms with E-state index in [0.29, 0.717) is 23.8 Å². The van der Waals surface area contributed by atoms with Gasteiger partial charge in [-0.2, -0.15) is 0 Å². The Balaban J connectivity index is 1.69. The van der Waals surface area contributed by atoms with Crippen molar-refractivity contribution < 1.29 is 9.53 Å². The molecule has 1 amide bonds. The highest BCUT2D eigenvalue weighted by atomic mass is 35.5. The number of carbonyl (C=O) groups excluding carboxylic acids is 1. The zero-order valence-corrected chi connectivity index (χ0v) is 15.6. The number of benzene rings is 2. The molecule has 2 aromatic carbocycles. The maximum absolute atomic E-state index is 12.9. The van der Waals surface area contributed by atoms with Crippen molar-refractivity contribution in [1.82, 2.24) is 9.88 Å². The van der Waals surface area contributed by atoms with Crippen LogP contribution in [0.5, 0.6) is 5.75 Å². The largest absolute Gasteiger partial charge is 0.486 e. The van der Waals surface area contributed by atoms with E-state index in [4.69, 9.17) is 16.3 Å². The lowest BCUT2D eigenvalue weighted by Crippen LogP contribution is -2.31. The van der Waals surface area contributed by atoms with E-state index in [-0.39, 0.29) is 12.0 Å². The summed E-state index contributed by atoms with van der Waals surface area (Å²) in [5.74, 6) is 0.698. The van der Waals surface area contributed by atoms with Gasteiger partial charge in [0.25, 0.3) is 5.91 Å². The van der Waals surface area contributed by atoms with E-state index in [1.807, 2.05) is 54.0 Å². The number of nitrogens with one attached hydrogen (secondary N) is 1. The third-order valence-electron chi connectivity index (χ3n) is 5.04. The number of ether oxygens (including phenoxy) is 1. The Bertz CT molecular complexity index is 993. The molecule has 2 heterocycles. The molecular weight excluding hydrogens is 348 g/mol. The second-order valence-corrected chi connectivity index (χ2v) is 7.11. The molecule has 1 atom stereocenters. The highest BCUT2D eigenvalue weighted by molar-refractivity contribution is 6.36. The molecule has 4 rings (SSSR count). The van der Waals surface area contributed by atoms with E-state index in [2.05, 4.69) is 12.2 Å². The zero-order valence-electron chi connectivity index (χ0n) is 14.9. The molecule has 0 bridgehead atoms. The van der Waals surface area contributed by atoms with Gasteiger partial charge in [0.05, 0.1) is 17.1 Å². The van der Waals surface area contributed by atoms with Crippen molar-refractivity contribution in [2.24, 2.45) is 0 Å². The summed E-state index contributed by atoms with van der Waals surface area (Å²) < 4.78 is 8.08. The lowest BCUT2D eigenvalue weighted by molar-refractivity contribution is 0.0935. The van der Waals surface area contributed by atoms with Crippen LogP contribution in [0.4, 0.5) is 0 Å². The van der Waals surface area contributed by atoms with E-state index in [1.54, 1.807) is 0 Å². The summed E-state index contributed by atoms with van der Waals surface area (Å²) in [7, 11) is 0. The van der Waals surface area contributed by atoms with Crippen molar-refractivity contribution in [1.29, 1.82) is 0 Å². The number of nitrogens with zero attached hydrogens (tertiary/aromatic N) is 1. The minimum atomic E-state index is -0.0942. The molecule has 0 saturated heterocycles. The van der Waals surface area contributed by atoms with Crippen molar-refractivity contribution in [2.75, 3.05) is 0 Å². The lowest BCUT2D eigenvalue weighted by Gasteiger charge is -2.26. The topological polar surface area (TPSA) is 43.3 Å². The normalized spacial score (nSPS) is 15.7. The first-order valence-electron chi connectivity index (χ1n) is 8.89. The number of hydrogen-bond donors (Lipinski definition) is 1. The fourth-order valence-corrected chi connectivity index (χ4v) is 3.70. The maximum atomic E-state index is 12.9. The van der Waals surface area contributed by atoms with Crippen molar-refractivity contribution in [2.45, 2.75) is 39.5 Å². The SMILES string of the molecule is CCC1Cn2c(C(=O)NCc3ccccc3C)cc3c(Cl)ccc(c32)O1. The van der Waals surface area contributed by atoms with Gasteiger partial charge in [-0.3, -0.25) is 4.79 Å². The molecule has 1 aliphatic heterocycles. The van der Waals surface area contributed by atoms with Crippen LogP contribution in [-0.4, -0.2) is 16.6 Å². The standard InChI is InChI=1S/C21H21ClN2O2/c1-3-15-12-24-18(10-16-17(22)8-9-19(26-15)20(16)24)21(25)23-11-14-7-5-4-6-13(14)2/h4-10,15H,3,11-12H2,1-2H3,(H,23,25). The Morgan fingerprint density at radius 2 is 2.12 bits per heavy atom. The van der Waals surface area contributed by atoms with Gasteiger partial charge in [-0.1, -0.05) is 42.8 Å². The van der Waals surface area contributed by atoms with Crippen LogP contribution in [0.25, 0.3) is 10.9 Å². The summed E-state index contributed by atoms with van der Waals surface area (Å²) >= 11 is 6.36. The third kappa shape index (κ3) is 2.84. The molecule has 0 aliphatic carbocycles. The van der Waals surface area contributed by atoms with E-state index < -0.39 is 0 Å². The van der Waals surface area contributed by atoms with Crippen LogP contribution < -0.4 is 10.1 Å². The number of aromatic nitrogens is 1. The fourth-order valence-electron chi connectivity index (χ4n) is 3.49. The molecule has 134 valence electrons. The predicted octanol–water partition coefficient (Wildman–Crippen LogP) is 4.70. The molecule has 26 heavy (non-hydrogen) atoms. The summed E-state index contributed by atoms with van der Waals surface area (Å²) in [6.07, 6.45) is 0.939. The fraction of sp³-hybridized carbons (Fsp3) is 0.286. The van der Waals surface area contributed by atoms with Gasteiger partial charge in [-0.05, 0) is 42.7 Å². The smallest absolute Gasteiger partial charge is 0.268 e. The molecule has 0 spiro atoms. The van der Waals surface area contributed by atoms with Gasteiger partial charge < -0.3 is 14.6 Å². The van der Waals surface area contributed by atoms with Crippen LogP contribution in [0.3, 0.4) is 0 Å². The van der Waals surface area contributed by atoms with Gasteiger partial charge in [-0.25, -0.2) is 0 Å². The number of carbonyl (C=O) groups is 1. The van der Waals surface area contributed by atoms with Crippen molar-refractivity contribution >= 4 is 28.4 Å². The number of aryl methyl sites for hydroxylation is 1. The minimum Gasteiger partial charge on any atom is -0.486 e. The quantitative estimate of drug-likeness (QED) is 0.725. The number of halogens is 1. The Morgan fingerprint density at radius 3 is 2.88 bits per heavy atom. The van der Waals surface area contributed by atoms with E-state index >= 15 is 0 Å². The van der Waals surface area contributed by atoms with Gasteiger partial charge in [-0.15, -0.1) is 0 Å². The summed E-state index contributed by atoms with van der Waals surface area (Å²) in [6.45, 7) is 5.29. The molecule has 5 heteroatoms. The maximum Gasteiger partial charge on any atom is 0.268 e. The summed E-state index contributed by atoms with van der Waals surface area (Å²) in [6, 6.07) is 13.7. The predicted molar refractivity (Wildman–Crippen MR) is 104 cm³/mol. The van der Waals surface area contributed by atoms with Gasteiger partial charge in [0.15, 0.2) is 0 Å². The minimum absolute atomic E-state index is 0.0576. The Morgan fingerprint density at radius 1 is 1.31 bits per heavy atom. The third-order valence-corrected chi connectivity index (χ3v) is 5.37. The number of amides is 1. The first-order valence-corrected chi connectivity index (χ1v) is 9.27. The van der Waals surface area contributed by atoms with Gasteiger partial charge in [0.1, 0.15) is 17.5 Å². The van der Waals surface area contributed by atoms with Crippen LogP contribution in [0.1, 0.15) is 35.0 Å². The highest BCUT2D eigenvalue weighted by Gasteiger charge is 2.26. The first kappa shape index (κ1) is 17.0. The molecule has 0 radical (unpaired) electrons. The number of rotatable bonds is 4. The molecule has 1 unspecified atom stereocenters. The van der Waals surface area contributed by atoms with Crippen LogP contribution in [0.2, 0.25) is 5.02 Å². The first-order chi connectivity index (χ1) is 12.6. The molecule has 1 aromatic heterocycles. The van der Waals surface area contributed by atoms with Crippen LogP contribution in [0.15, 0.2) is 42.5 Å². The van der Waals surface area contributed by atoms with E-state index in [1.165, 1.54) is 5.56 Å². The summed E-state index contributed by atoms with van der Waals surface area (Å²) in [5.41, 5.74) is 3.82. The van der Waals surface area contributed by atoms with Gasteiger partial charge in [0, 0.05) is 11.9 Å². The molecule has 4 nitrogen and oxygen atoms in total. The number of hydrogen-bond acceptors (Lipinski definition) is 2. The van der Waals surface area contributed by atoms with E-state index in [9.17, 15) is 4.79 Å². The average molecular weight is 369 g/mol. The molecular formula is C21H21ClN2O2. The van der Waals surface area contributed by atoms with Crippen molar-refractivity contribution in [3.05, 3.63) is 64.3 Å². The molecule has 1 aliphatic rings. The van der Waals surface area contributed by atoms with E-state index in [0.717, 1.165) is 28.6 Å². The summed E-state index contributed by atoms with van der Waals surface area (Å²) in [4.78, 5) is 12.9. The Kier molecular flexibility index (Phi) is 4.37. The van der Waals surface area contributed by atoms with Crippen molar-refractivity contribution in [3.63, 3.8) is 0 Å². The van der Waals surface area contributed by atoms with Crippen molar-refractivity contribution in [3.8, 4) is 5.75 Å². The monoisotopic (exact) mass is 368 g/mol. The summed E-state index contributed by atoms with van der Waals surface area (Å²) in [5, 5.41) is 4.54. The molecule has 1 N–H and O–H groups in total. The van der Waals surface area contributed by atoms with Crippen LogP contribution in [0, 0.1) is 6.92 Å². The Hall–Kier alpha value is -2.46.